The Morgan fingerprint density at radius 3 is 2.89 bits per heavy atom. The molecule has 100 valence electrons. The fraction of sp³-hybridized carbons (Fsp3) is 0.600. The Kier molecular flexibility index (Phi) is 4.23. The average molecular weight is 251 g/mol. The third kappa shape index (κ3) is 3.22. The molecule has 3 heteroatoms. The van der Waals surface area contributed by atoms with E-state index in [9.17, 15) is 4.39 Å². The Balaban J connectivity index is 2.10. The second kappa shape index (κ2) is 5.70. The van der Waals surface area contributed by atoms with Crippen LogP contribution in [-0.2, 0) is 6.42 Å². The number of ether oxygens (including phenoxy) is 1. The Bertz CT molecular complexity index is 397. The van der Waals surface area contributed by atoms with Crippen LogP contribution in [0, 0.1) is 5.82 Å². The highest BCUT2D eigenvalue weighted by molar-refractivity contribution is 5.30. The van der Waals surface area contributed by atoms with Gasteiger partial charge in [-0.15, -0.1) is 0 Å². The molecule has 1 heterocycles. The van der Waals surface area contributed by atoms with Gasteiger partial charge in [0, 0.05) is 5.54 Å². The van der Waals surface area contributed by atoms with E-state index in [1.54, 1.807) is 12.1 Å². The van der Waals surface area contributed by atoms with E-state index < -0.39 is 0 Å². The molecule has 1 saturated heterocycles. The van der Waals surface area contributed by atoms with Crippen molar-refractivity contribution >= 4 is 0 Å². The third-order valence-corrected chi connectivity index (χ3v) is 3.77. The van der Waals surface area contributed by atoms with Gasteiger partial charge in [-0.3, -0.25) is 0 Å². The molecule has 0 spiro atoms. The molecule has 2 nitrogen and oxygen atoms in total. The molecule has 1 aromatic rings. The van der Waals surface area contributed by atoms with Crippen LogP contribution in [0.2, 0.25) is 0 Å². The number of rotatable bonds is 3. The number of hydrogen-bond acceptors (Lipinski definition) is 2. The molecule has 1 aliphatic rings. The SMILES string of the molecule is COc1ccc(CC2(C)CCCCCN2)cc1F. The Labute approximate surface area is 109 Å². The smallest absolute Gasteiger partial charge is 0.165 e. The van der Waals surface area contributed by atoms with E-state index >= 15 is 0 Å². The van der Waals surface area contributed by atoms with E-state index in [2.05, 4.69) is 12.2 Å². The van der Waals surface area contributed by atoms with Crippen molar-refractivity contribution in [3.8, 4) is 5.75 Å². The number of hydrogen-bond donors (Lipinski definition) is 1. The van der Waals surface area contributed by atoms with Gasteiger partial charge in [-0.25, -0.2) is 4.39 Å². The van der Waals surface area contributed by atoms with Gasteiger partial charge in [-0.05, 0) is 50.4 Å². The van der Waals surface area contributed by atoms with Crippen molar-refractivity contribution in [2.24, 2.45) is 0 Å². The second-order valence-corrected chi connectivity index (χ2v) is 5.44. The maximum atomic E-state index is 13.7. The molecule has 1 N–H and O–H groups in total. The van der Waals surface area contributed by atoms with Crippen LogP contribution < -0.4 is 10.1 Å². The van der Waals surface area contributed by atoms with Crippen molar-refractivity contribution in [1.82, 2.24) is 5.32 Å². The maximum Gasteiger partial charge on any atom is 0.165 e. The van der Waals surface area contributed by atoms with Crippen LogP contribution in [-0.4, -0.2) is 19.2 Å². The summed E-state index contributed by atoms with van der Waals surface area (Å²) in [5.74, 6) is 0.0463. The fourth-order valence-electron chi connectivity index (χ4n) is 2.72. The first-order valence-corrected chi connectivity index (χ1v) is 6.70. The van der Waals surface area contributed by atoms with E-state index in [1.165, 1.54) is 26.4 Å². The van der Waals surface area contributed by atoms with Crippen LogP contribution in [0.4, 0.5) is 4.39 Å². The summed E-state index contributed by atoms with van der Waals surface area (Å²) < 4.78 is 18.6. The van der Waals surface area contributed by atoms with Crippen LogP contribution in [0.25, 0.3) is 0 Å². The van der Waals surface area contributed by atoms with Crippen molar-refractivity contribution < 1.29 is 9.13 Å². The van der Waals surface area contributed by atoms with Crippen molar-refractivity contribution in [2.75, 3.05) is 13.7 Å². The van der Waals surface area contributed by atoms with Gasteiger partial charge >= 0.3 is 0 Å². The summed E-state index contributed by atoms with van der Waals surface area (Å²) in [5, 5.41) is 3.60. The second-order valence-electron chi connectivity index (χ2n) is 5.44. The number of methoxy groups -OCH3 is 1. The van der Waals surface area contributed by atoms with E-state index in [0.717, 1.165) is 24.9 Å². The minimum absolute atomic E-state index is 0.0948. The summed E-state index contributed by atoms with van der Waals surface area (Å²) in [6.07, 6.45) is 5.81. The minimum Gasteiger partial charge on any atom is -0.494 e. The molecule has 18 heavy (non-hydrogen) atoms. The first-order chi connectivity index (χ1) is 8.63. The summed E-state index contributed by atoms with van der Waals surface area (Å²) in [4.78, 5) is 0. The summed E-state index contributed by atoms with van der Waals surface area (Å²) in [5.41, 5.74) is 1.13. The van der Waals surface area contributed by atoms with E-state index in [-0.39, 0.29) is 11.4 Å². The molecule has 1 unspecified atom stereocenters. The van der Waals surface area contributed by atoms with E-state index in [0.29, 0.717) is 5.75 Å². The van der Waals surface area contributed by atoms with Gasteiger partial charge in [0.25, 0.3) is 0 Å². The molecule has 0 amide bonds. The molecule has 1 fully saturated rings. The van der Waals surface area contributed by atoms with Crippen molar-refractivity contribution in [3.05, 3.63) is 29.6 Å². The summed E-state index contributed by atoms with van der Waals surface area (Å²) in [6.45, 7) is 3.30. The summed E-state index contributed by atoms with van der Waals surface area (Å²) >= 11 is 0. The Morgan fingerprint density at radius 1 is 1.33 bits per heavy atom. The van der Waals surface area contributed by atoms with Crippen molar-refractivity contribution in [3.63, 3.8) is 0 Å². The number of nitrogens with one attached hydrogen (secondary N) is 1. The fourth-order valence-corrected chi connectivity index (χ4v) is 2.72. The molecule has 0 aliphatic carbocycles. The lowest BCUT2D eigenvalue weighted by atomic mass is 9.88. The summed E-state index contributed by atoms with van der Waals surface area (Å²) in [6, 6.07) is 5.26. The molecule has 0 aromatic heterocycles. The zero-order chi connectivity index (χ0) is 13.0. The minimum atomic E-state index is -0.271. The topological polar surface area (TPSA) is 21.3 Å². The monoisotopic (exact) mass is 251 g/mol. The van der Waals surface area contributed by atoms with Gasteiger partial charge < -0.3 is 10.1 Å². The molecule has 0 radical (unpaired) electrons. The van der Waals surface area contributed by atoms with Crippen LogP contribution >= 0.6 is 0 Å². The molecule has 1 atom stereocenters. The molecular formula is C15H22FNO. The third-order valence-electron chi connectivity index (χ3n) is 3.77. The van der Waals surface area contributed by atoms with Crippen LogP contribution in [0.5, 0.6) is 5.75 Å². The zero-order valence-corrected chi connectivity index (χ0v) is 11.3. The summed E-state index contributed by atoms with van der Waals surface area (Å²) in [7, 11) is 1.49. The van der Waals surface area contributed by atoms with Gasteiger partial charge in [0.15, 0.2) is 11.6 Å². The predicted octanol–water partition coefficient (Wildman–Crippen LogP) is 3.30. The zero-order valence-electron chi connectivity index (χ0n) is 11.3. The molecule has 0 saturated carbocycles. The van der Waals surface area contributed by atoms with E-state index in [1.807, 2.05) is 6.07 Å². The lowest BCUT2D eigenvalue weighted by Crippen LogP contribution is -2.43. The van der Waals surface area contributed by atoms with Gasteiger partial charge in [-0.2, -0.15) is 0 Å². The van der Waals surface area contributed by atoms with Gasteiger partial charge in [0.2, 0.25) is 0 Å². The average Bonchev–Trinajstić information content (AvgIpc) is 2.54. The van der Waals surface area contributed by atoms with Crippen LogP contribution in [0.1, 0.15) is 38.2 Å². The highest BCUT2D eigenvalue weighted by Gasteiger charge is 2.25. The highest BCUT2D eigenvalue weighted by atomic mass is 19.1. The lowest BCUT2D eigenvalue weighted by Gasteiger charge is -2.29. The van der Waals surface area contributed by atoms with Crippen LogP contribution in [0.15, 0.2) is 18.2 Å². The molecule has 2 rings (SSSR count). The number of benzene rings is 1. The van der Waals surface area contributed by atoms with E-state index in [4.69, 9.17) is 4.74 Å². The Hall–Kier alpha value is -1.09. The molecular weight excluding hydrogens is 229 g/mol. The van der Waals surface area contributed by atoms with Crippen molar-refractivity contribution in [1.29, 1.82) is 0 Å². The predicted molar refractivity (Wildman–Crippen MR) is 71.5 cm³/mol. The highest BCUT2D eigenvalue weighted by Crippen LogP contribution is 2.25. The van der Waals surface area contributed by atoms with Crippen molar-refractivity contribution in [2.45, 2.75) is 44.6 Å². The molecule has 1 aromatic carbocycles. The Morgan fingerprint density at radius 2 is 2.17 bits per heavy atom. The maximum absolute atomic E-state index is 13.7. The van der Waals surface area contributed by atoms with Gasteiger partial charge in [-0.1, -0.05) is 18.9 Å². The van der Waals surface area contributed by atoms with Gasteiger partial charge in [0.05, 0.1) is 7.11 Å². The molecule has 1 aliphatic heterocycles. The first-order valence-electron chi connectivity index (χ1n) is 6.70. The van der Waals surface area contributed by atoms with Gasteiger partial charge in [0.1, 0.15) is 0 Å². The quantitative estimate of drug-likeness (QED) is 0.890. The lowest BCUT2D eigenvalue weighted by molar-refractivity contribution is 0.344. The normalized spacial score (nSPS) is 24.6. The standard InChI is InChI=1S/C15H22FNO/c1-15(8-4-3-5-9-17-15)11-12-6-7-14(18-2)13(16)10-12/h6-7,10,17H,3-5,8-9,11H2,1-2H3. The number of halogens is 1. The van der Waals surface area contributed by atoms with Crippen LogP contribution in [0.3, 0.4) is 0 Å². The first kappa shape index (κ1) is 13.3. The molecule has 0 bridgehead atoms. The largest absolute Gasteiger partial charge is 0.494 e.